The van der Waals surface area contributed by atoms with Gasteiger partial charge in [0.15, 0.2) is 0 Å². The summed E-state index contributed by atoms with van der Waals surface area (Å²) in [5, 5.41) is 13.6. The number of hydrogen-bond donors (Lipinski definition) is 0. The summed E-state index contributed by atoms with van der Waals surface area (Å²) in [6, 6.07) is 9.46. The van der Waals surface area contributed by atoms with Crippen molar-refractivity contribution < 1.29 is 24.2 Å². The van der Waals surface area contributed by atoms with Crippen molar-refractivity contribution in [3.05, 3.63) is 57.8 Å². The van der Waals surface area contributed by atoms with Gasteiger partial charge < -0.3 is 19.5 Å². The molecule has 1 spiro atoms. The van der Waals surface area contributed by atoms with E-state index >= 15 is 0 Å². The Balaban J connectivity index is 1.57. The highest BCUT2D eigenvalue weighted by molar-refractivity contribution is 7.12. The average Bonchev–Trinajstić information content (AvgIpc) is 3.37. The molecule has 4 rings (SSSR count). The maximum atomic E-state index is 13.2. The van der Waals surface area contributed by atoms with E-state index in [-0.39, 0.29) is 12.5 Å². The number of amides is 2. The maximum Gasteiger partial charge on any atom is 0.263 e. The van der Waals surface area contributed by atoms with Gasteiger partial charge in [-0.15, -0.1) is 11.3 Å². The number of carbonyl (C=O) groups excluding carboxylic acids is 3. The number of likely N-dealkylation sites (tertiary alicyclic amines) is 1. The quantitative estimate of drug-likeness (QED) is 0.756. The van der Waals surface area contributed by atoms with E-state index in [0.29, 0.717) is 36.4 Å². The summed E-state index contributed by atoms with van der Waals surface area (Å²) in [6.07, 6.45) is 0.705. The average molecular weight is 413 g/mol. The van der Waals surface area contributed by atoms with Crippen LogP contribution in [0.25, 0.3) is 0 Å². The van der Waals surface area contributed by atoms with Gasteiger partial charge in [0, 0.05) is 31.5 Å². The molecule has 2 aliphatic heterocycles. The van der Waals surface area contributed by atoms with Crippen LogP contribution in [0.3, 0.4) is 0 Å². The van der Waals surface area contributed by atoms with Crippen LogP contribution in [0, 0.1) is 6.92 Å². The minimum atomic E-state index is -1.33. The van der Waals surface area contributed by atoms with Crippen LogP contribution in [0.5, 0.6) is 0 Å². The third kappa shape index (κ3) is 3.54. The standard InChI is InChI=1S/C21H22N2O5S/c1-14-4-6-15(7-5-14)18(24)23-16(20(26)27)13-28-21(23)8-10-22(11-9-21)19(25)17-3-2-12-29-17/h2-7,12,16H,8-11,13H2,1H3,(H,26,27)/p-1/t16-/m1/s1. The van der Waals surface area contributed by atoms with E-state index < -0.39 is 23.6 Å². The zero-order valence-electron chi connectivity index (χ0n) is 16.0. The smallest absolute Gasteiger partial charge is 0.263 e. The van der Waals surface area contributed by atoms with Gasteiger partial charge in [0.25, 0.3) is 11.8 Å². The highest BCUT2D eigenvalue weighted by atomic mass is 32.1. The molecule has 2 saturated heterocycles. The molecule has 2 aliphatic rings. The maximum absolute atomic E-state index is 13.2. The Morgan fingerprint density at radius 1 is 1.10 bits per heavy atom. The Labute approximate surface area is 172 Å². The molecule has 0 unspecified atom stereocenters. The molecule has 2 fully saturated rings. The van der Waals surface area contributed by atoms with Crippen molar-refractivity contribution in [3.63, 3.8) is 0 Å². The van der Waals surface area contributed by atoms with E-state index in [1.165, 1.54) is 16.2 Å². The number of carboxylic acid groups (broad SMARTS) is 1. The SMILES string of the molecule is Cc1ccc(C(=O)N2[C@@H](C(=O)[O-])COC23CCN(C(=O)c2cccs2)CC3)cc1. The third-order valence-corrected chi connectivity index (χ3v) is 6.47. The Hall–Kier alpha value is -2.71. The van der Waals surface area contributed by atoms with Crippen LogP contribution in [0.1, 0.15) is 38.4 Å². The van der Waals surface area contributed by atoms with Gasteiger partial charge in [-0.1, -0.05) is 23.8 Å². The number of carboxylic acids is 1. The predicted molar refractivity (Wildman–Crippen MR) is 104 cm³/mol. The first-order valence-electron chi connectivity index (χ1n) is 9.49. The largest absolute Gasteiger partial charge is 0.548 e. The number of ether oxygens (including phenoxy) is 1. The Morgan fingerprint density at radius 3 is 2.38 bits per heavy atom. The number of carbonyl (C=O) groups is 3. The van der Waals surface area contributed by atoms with Crippen LogP contribution < -0.4 is 5.11 Å². The molecule has 0 aliphatic carbocycles. The summed E-state index contributed by atoms with van der Waals surface area (Å²) in [5.74, 6) is -1.78. The van der Waals surface area contributed by atoms with E-state index in [0.717, 1.165) is 5.56 Å². The zero-order valence-corrected chi connectivity index (χ0v) is 16.8. The molecule has 8 heteroatoms. The van der Waals surface area contributed by atoms with Crippen LogP contribution in [0.15, 0.2) is 41.8 Å². The third-order valence-electron chi connectivity index (χ3n) is 5.61. The highest BCUT2D eigenvalue weighted by Gasteiger charge is 2.52. The molecule has 1 aromatic carbocycles. The number of aliphatic carboxylic acids is 1. The topological polar surface area (TPSA) is 90.0 Å². The fourth-order valence-electron chi connectivity index (χ4n) is 4.00. The lowest BCUT2D eigenvalue weighted by Crippen LogP contribution is -2.60. The lowest BCUT2D eigenvalue weighted by molar-refractivity contribution is -0.310. The fourth-order valence-corrected chi connectivity index (χ4v) is 4.69. The molecule has 0 N–H and O–H groups in total. The summed E-state index contributed by atoms with van der Waals surface area (Å²) in [7, 11) is 0. The van der Waals surface area contributed by atoms with Gasteiger partial charge in [-0.2, -0.15) is 0 Å². The molecule has 0 bridgehead atoms. The summed E-state index contributed by atoms with van der Waals surface area (Å²) in [6.45, 7) is 2.57. The van der Waals surface area contributed by atoms with Crippen molar-refractivity contribution in [1.29, 1.82) is 0 Å². The van der Waals surface area contributed by atoms with E-state index in [2.05, 4.69) is 0 Å². The van der Waals surface area contributed by atoms with Crippen molar-refractivity contribution in [3.8, 4) is 0 Å². The molecular formula is C21H21N2O5S-. The second-order valence-electron chi connectivity index (χ2n) is 7.40. The van der Waals surface area contributed by atoms with E-state index in [1.807, 2.05) is 30.5 Å². The van der Waals surface area contributed by atoms with Crippen molar-refractivity contribution in [2.75, 3.05) is 19.7 Å². The fraction of sp³-hybridized carbons (Fsp3) is 0.381. The molecule has 2 amide bonds. The van der Waals surface area contributed by atoms with Crippen LogP contribution in [0.4, 0.5) is 0 Å². The van der Waals surface area contributed by atoms with E-state index in [1.54, 1.807) is 23.1 Å². The molecule has 29 heavy (non-hydrogen) atoms. The molecule has 1 atom stereocenters. The minimum absolute atomic E-state index is 0.0549. The summed E-state index contributed by atoms with van der Waals surface area (Å²) < 4.78 is 5.90. The monoisotopic (exact) mass is 413 g/mol. The summed E-state index contributed by atoms with van der Waals surface area (Å²) in [5.41, 5.74) is 0.369. The summed E-state index contributed by atoms with van der Waals surface area (Å²) >= 11 is 1.38. The number of thiophene rings is 1. The van der Waals surface area contributed by atoms with Crippen LogP contribution in [-0.4, -0.2) is 59.0 Å². The van der Waals surface area contributed by atoms with Gasteiger partial charge in [-0.3, -0.25) is 14.5 Å². The molecular weight excluding hydrogens is 392 g/mol. The Bertz CT molecular complexity index is 917. The lowest BCUT2D eigenvalue weighted by atomic mass is 9.96. The second-order valence-corrected chi connectivity index (χ2v) is 8.35. The number of aryl methyl sites for hydroxylation is 1. The molecule has 152 valence electrons. The van der Waals surface area contributed by atoms with E-state index in [4.69, 9.17) is 4.74 Å². The number of rotatable bonds is 3. The normalized spacial score (nSPS) is 20.8. The first-order valence-corrected chi connectivity index (χ1v) is 10.4. The lowest BCUT2D eigenvalue weighted by Gasteiger charge is -2.44. The zero-order chi connectivity index (χ0) is 20.6. The van der Waals surface area contributed by atoms with Gasteiger partial charge in [0.2, 0.25) is 0 Å². The minimum Gasteiger partial charge on any atom is -0.548 e. The molecule has 1 aromatic heterocycles. The first-order chi connectivity index (χ1) is 13.9. The van der Waals surface area contributed by atoms with Crippen LogP contribution >= 0.6 is 11.3 Å². The number of piperidine rings is 1. The van der Waals surface area contributed by atoms with Gasteiger partial charge in [-0.25, -0.2) is 0 Å². The predicted octanol–water partition coefficient (Wildman–Crippen LogP) is 1.28. The van der Waals surface area contributed by atoms with Gasteiger partial charge in [-0.05, 0) is 30.5 Å². The number of benzene rings is 1. The molecule has 0 radical (unpaired) electrons. The second kappa shape index (κ2) is 7.61. The van der Waals surface area contributed by atoms with Crippen molar-refractivity contribution >= 4 is 29.1 Å². The van der Waals surface area contributed by atoms with Gasteiger partial charge in [0.1, 0.15) is 5.72 Å². The van der Waals surface area contributed by atoms with Gasteiger partial charge in [0.05, 0.1) is 23.5 Å². The van der Waals surface area contributed by atoms with Crippen molar-refractivity contribution in [2.45, 2.75) is 31.5 Å². The molecule has 2 aromatic rings. The first kappa shape index (κ1) is 19.6. The molecule has 0 saturated carbocycles. The van der Waals surface area contributed by atoms with Crippen molar-refractivity contribution in [1.82, 2.24) is 9.80 Å². The van der Waals surface area contributed by atoms with Crippen molar-refractivity contribution in [2.24, 2.45) is 0 Å². The molecule has 3 heterocycles. The summed E-state index contributed by atoms with van der Waals surface area (Å²) in [4.78, 5) is 41.3. The molecule has 7 nitrogen and oxygen atoms in total. The highest BCUT2D eigenvalue weighted by Crippen LogP contribution is 2.38. The van der Waals surface area contributed by atoms with Crippen LogP contribution in [-0.2, 0) is 9.53 Å². The van der Waals surface area contributed by atoms with Crippen LogP contribution in [0.2, 0.25) is 0 Å². The van der Waals surface area contributed by atoms with Gasteiger partial charge >= 0.3 is 0 Å². The Kier molecular flexibility index (Phi) is 5.14. The number of hydrogen-bond acceptors (Lipinski definition) is 6. The van der Waals surface area contributed by atoms with E-state index in [9.17, 15) is 19.5 Å². The number of nitrogens with zero attached hydrogens (tertiary/aromatic N) is 2. The Morgan fingerprint density at radius 2 is 1.79 bits per heavy atom.